The summed E-state index contributed by atoms with van der Waals surface area (Å²) in [5.74, 6) is -1.60. The van der Waals surface area contributed by atoms with Crippen molar-refractivity contribution in [2.45, 2.75) is 42.9 Å². The summed E-state index contributed by atoms with van der Waals surface area (Å²) in [4.78, 5) is 15.7. The van der Waals surface area contributed by atoms with Gasteiger partial charge in [0.2, 0.25) is 0 Å². The van der Waals surface area contributed by atoms with Crippen LogP contribution in [0.2, 0.25) is 0 Å². The standard InChI is InChI=1S/C29H32N4O3S2.C2HF3O2/c1-36-26-11-8-22(9-12-26)7-10-24-17-27(38(34,35)32-29-20-37-21-30-29)13-14-28(24)31-25-15-16-33(19-25)18-23-5-3-2-4-6-23;3-2(4,5)1(6)7/h2-6,8-9,11-14,17,20-21,25,31-32H,7,10,15-16,18-19H2,1H3;(H,6,7)/t25-;/m0./s1. The molecule has 1 atom stereocenters. The molecule has 1 aliphatic heterocycles. The number of hydrogen-bond acceptors (Lipinski definition) is 8. The number of sulfonamides is 1. The van der Waals surface area contributed by atoms with Gasteiger partial charge in [0.15, 0.2) is 5.82 Å². The number of anilines is 2. The number of aromatic nitrogens is 1. The van der Waals surface area contributed by atoms with Crippen molar-refractivity contribution in [2.24, 2.45) is 0 Å². The number of likely N-dealkylation sites (tertiary alicyclic amines) is 1. The first-order valence-electron chi connectivity index (χ1n) is 13.9. The van der Waals surface area contributed by atoms with Gasteiger partial charge < -0.3 is 15.2 Å². The highest BCUT2D eigenvalue weighted by atomic mass is 32.2. The maximum absolute atomic E-state index is 13.1. The number of aryl methyl sites for hydroxylation is 2. The number of thiazole rings is 1. The van der Waals surface area contributed by atoms with E-state index in [1.165, 1.54) is 22.5 Å². The summed E-state index contributed by atoms with van der Waals surface area (Å²) < 4.78 is 65.8. The molecule has 240 valence electrons. The number of carbonyl (C=O) groups is 1. The van der Waals surface area contributed by atoms with Crippen LogP contribution < -0.4 is 14.8 Å². The topological polar surface area (TPSA) is 121 Å². The Morgan fingerprint density at radius 1 is 1.07 bits per heavy atom. The smallest absolute Gasteiger partial charge is 0.490 e. The molecular formula is C31H33F3N4O5S2. The lowest BCUT2D eigenvalue weighted by Gasteiger charge is -2.20. The zero-order valence-electron chi connectivity index (χ0n) is 24.3. The Morgan fingerprint density at radius 3 is 2.40 bits per heavy atom. The Hall–Kier alpha value is -4.14. The van der Waals surface area contributed by atoms with Gasteiger partial charge in [-0.15, -0.1) is 11.3 Å². The maximum atomic E-state index is 13.1. The Kier molecular flexibility index (Phi) is 11.4. The monoisotopic (exact) mass is 662 g/mol. The molecule has 0 amide bonds. The quantitative estimate of drug-likeness (QED) is 0.177. The summed E-state index contributed by atoms with van der Waals surface area (Å²) in [7, 11) is -2.09. The maximum Gasteiger partial charge on any atom is 0.490 e. The number of ether oxygens (including phenoxy) is 1. The Bertz CT molecular complexity index is 1640. The van der Waals surface area contributed by atoms with Gasteiger partial charge in [-0.1, -0.05) is 42.5 Å². The summed E-state index contributed by atoms with van der Waals surface area (Å²) in [5.41, 5.74) is 6.05. The average molecular weight is 663 g/mol. The number of rotatable bonds is 11. The van der Waals surface area contributed by atoms with Crippen molar-refractivity contribution in [3.05, 3.63) is 100 Å². The fraction of sp³-hybridized carbons (Fsp3) is 0.290. The van der Waals surface area contributed by atoms with E-state index >= 15 is 0 Å². The van der Waals surface area contributed by atoms with Crippen molar-refractivity contribution in [1.82, 2.24) is 9.88 Å². The predicted molar refractivity (Wildman–Crippen MR) is 167 cm³/mol. The summed E-state index contributed by atoms with van der Waals surface area (Å²) in [6.07, 6.45) is -2.56. The molecule has 1 fully saturated rings. The Morgan fingerprint density at radius 2 is 1.78 bits per heavy atom. The van der Waals surface area contributed by atoms with Gasteiger partial charge in [-0.05, 0) is 66.3 Å². The van der Waals surface area contributed by atoms with Gasteiger partial charge in [-0.25, -0.2) is 18.2 Å². The summed E-state index contributed by atoms with van der Waals surface area (Å²) >= 11 is 1.35. The van der Waals surface area contributed by atoms with Crippen molar-refractivity contribution in [1.29, 1.82) is 0 Å². The van der Waals surface area contributed by atoms with Crippen LogP contribution in [0.5, 0.6) is 5.75 Å². The van der Waals surface area contributed by atoms with Gasteiger partial charge in [0.25, 0.3) is 10.0 Å². The van der Waals surface area contributed by atoms with Crippen LogP contribution in [0, 0.1) is 0 Å². The highest BCUT2D eigenvalue weighted by Crippen LogP contribution is 2.27. The summed E-state index contributed by atoms with van der Waals surface area (Å²) in [6, 6.07) is 24.2. The number of carboxylic acid groups (broad SMARTS) is 1. The van der Waals surface area contributed by atoms with E-state index in [1.54, 1.807) is 30.1 Å². The van der Waals surface area contributed by atoms with E-state index in [0.717, 1.165) is 49.5 Å². The third kappa shape index (κ3) is 10.2. The van der Waals surface area contributed by atoms with Crippen LogP contribution in [0.4, 0.5) is 24.7 Å². The van der Waals surface area contributed by atoms with Gasteiger partial charge in [0, 0.05) is 36.7 Å². The molecule has 14 heteroatoms. The molecule has 0 saturated carbocycles. The van der Waals surface area contributed by atoms with Crippen LogP contribution in [0.1, 0.15) is 23.1 Å². The van der Waals surface area contributed by atoms with E-state index in [2.05, 4.69) is 56.3 Å². The Balaban J connectivity index is 0.000000591. The lowest BCUT2D eigenvalue weighted by Crippen LogP contribution is -2.26. The number of alkyl halides is 3. The average Bonchev–Trinajstić information content (AvgIpc) is 3.69. The van der Waals surface area contributed by atoms with Crippen LogP contribution in [0.25, 0.3) is 0 Å². The van der Waals surface area contributed by atoms with Crippen LogP contribution in [0.3, 0.4) is 0 Å². The van der Waals surface area contributed by atoms with Crippen molar-refractivity contribution in [2.75, 3.05) is 30.2 Å². The van der Waals surface area contributed by atoms with Crippen molar-refractivity contribution in [3.63, 3.8) is 0 Å². The molecule has 1 aromatic heterocycles. The van der Waals surface area contributed by atoms with E-state index in [1.807, 2.05) is 24.3 Å². The molecular weight excluding hydrogens is 629 g/mol. The summed E-state index contributed by atoms with van der Waals surface area (Å²) in [6.45, 7) is 2.90. The van der Waals surface area contributed by atoms with Crippen molar-refractivity contribution >= 4 is 38.8 Å². The SMILES string of the molecule is COc1ccc(CCc2cc(S(=O)(=O)Nc3cscn3)ccc2N[C@H]2CCN(Cc3ccccc3)C2)cc1.O=C(O)C(F)(F)F. The molecule has 3 N–H and O–H groups in total. The first kappa shape index (κ1) is 33.7. The molecule has 0 bridgehead atoms. The number of hydrogen-bond donors (Lipinski definition) is 3. The molecule has 9 nitrogen and oxygen atoms in total. The molecule has 0 spiro atoms. The van der Waals surface area contributed by atoms with Gasteiger partial charge in [-0.3, -0.25) is 9.62 Å². The minimum atomic E-state index is -5.08. The van der Waals surface area contributed by atoms with Crippen LogP contribution in [0.15, 0.2) is 88.6 Å². The fourth-order valence-electron chi connectivity index (χ4n) is 4.77. The first-order valence-corrected chi connectivity index (χ1v) is 16.4. The molecule has 2 heterocycles. The van der Waals surface area contributed by atoms with Crippen molar-refractivity contribution < 1.29 is 36.2 Å². The number of nitrogens with zero attached hydrogens (tertiary/aromatic N) is 2. The highest BCUT2D eigenvalue weighted by Gasteiger charge is 2.38. The number of nitrogens with one attached hydrogen (secondary N) is 2. The van der Waals surface area contributed by atoms with Gasteiger partial charge in [0.05, 0.1) is 17.5 Å². The van der Waals surface area contributed by atoms with E-state index in [9.17, 15) is 21.6 Å². The van der Waals surface area contributed by atoms with Crippen LogP contribution in [-0.2, 0) is 34.2 Å². The van der Waals surface area contributed by atoms with Crippen LogP contribution in [-0.4, -0.2) is 61.8 Å². The fourth-order valence-corrected chi connectivity index (χ4v) is 6.38. The predicted octanol–water partition coefficient (Wildman–Crippen LogP) is 6.06. The molecule has 4 aromatic rings. The van der Waals surface area contributed by atoms with Gasteiger partial charge in [0.1, 0.15) is 5.75 Å². The van der Waals surface area contributed by atoms with E-state index in [-0.39, 0.29) is 4.90 Å². The largest absolute Gasteiger partial charge is 0.497 e. The number of benzene rings is 3. The molecule has 3 aromatic carbocycles. The normalized spacial score (nSPS) is 15.2. The Labute approximate surface area is 263 Å². The number of carboxylic acids is 1. The lowest BCUT2D eigenvalue weighted by atomic mass is 10.0. The second-order valence-corrected chi connectivity index (χ2v) is 12.7. The molecule has 1 aliphatic rings. The molecule has 0 unspecified atom stereocenters. The summed E-state index contributed by atoms with van der Waals surface area (Å²) in [5, 5.41) is 12.5. The third-order valence-electron chi connectivity index (χ3n) is 7.02. The number of methoxy groups -OCH3 is 1. The number of halogens is 3. The van der Waals surface area contributed by atoms with Gasteiger partial charge in [-0.2, -0.15) is 13.2 Å². The van der Waals surface area contributed by atoms with Crippen LogP contribution >= 0.6 is 11.3 Å². The third-order valence-corrected chi connectivity index (χ3v) is 8.96. The minimum Gasteiger partial charge on any atom is -0.497 e. The molecule has 5 rings (SSSR count). The minimum absolute atomic E-state index is 0.234. The zero-order chi connectivity index (χ0) is 32.5. The van der Waals surface area contributed by atoms with Crippen molar-refractivity contribution in [3.8, 4) is 5.75 Å². The second kappa shape index (κ2) is 15.2. The number of aliphatic carboxylic acids is 1. The van der Waals surface area contributed by atoms with E-state index in [4.69, 9.17) is 14.6 Å². The lowest BCUT2D eigenvalue weighted by molar-refractivity contribution is -0.192. The first-order chi connectivity index (χ1) is 21.4. The highest BCUT2D eigenvalue weighted by molar-refractivity contribution is 7.92. The molecule has 0 radical (unpaired) electrons. The second-order valence-electron chi connectivity index (χ2n) is 10.3. The van der Waals surface area contributed by atoms with Gasteiger partial charge >= 0.3 is 12.1 Å². The molecule has 1 saturated heterocycles. The zero-order valence-corrected chi connectivity index (χ0v) is 26.0. The molecule has 45 heavy (non-hydrogen) atoms. The van der Waals surface area contributed by atoms with E-state index < -0.39 is 22.2 Å². The van der Waals surface area contributed by atoms with E-state index in [0.29, 0.717) is 18.3 Å². The molecule has 0 aliphatic carbocycles.